The first-order valence-corrected chi connectivity index (χ1v) is 5.71. The molecule has 3 N–H and O–H groups in total. The van der Waals surface area contributed by atoms with Crippen molar-refractivity contribution in [2.24, 2.45) is 0 Å². The van der Waals surface area contributed by atoms with Gasteiger partial charge < -0.3 is 15.2 Å². The number of aromatic amines is 1. The van der Waals surface area contributed by atoms with Crippen LogP contribution in [0.15, 0.2) is 18.3 Å². The van der Waals surface area contributed by atoms with Crippen molar-refractivity contribution in [1.82, 2.24) is 9.88 Å². The van der Waals surface area contributed by atoms with Crippen LogP contribution in [0.2, 0.25) is 0 Å². The number of hydrogen-bond acceptors (Lipinski definition) is 3. The molecule has 0 atom stereocenters. The SMILES string of the molecule is Cc1cc(O)c(CN(C)CCO)c2cc[nH]c12. The Labute approximate surface area is 100 Å². The van der Waals surface area contributed by atoms with Crippen molar-refractivity contribution in [1.29, 1.82) is 0 Å². The average Bonchev–Trinajstić information content (AvgIpc) is 2.73. The standard InChI is InChI=1S/C13H18N2O2/c1-9-7-12(17)11(8-15(2)5-6-16)10-3-4-14-13(9)10/h3-4,7,14,16-17H,5-6,8H2,1-2H3. The summed E-state index contributed by atoms with van der Waals surface area (Å²) in [5, 5.41) is 20.0. The summed E-state index contributed by atoms with van der Waals surface area (Å²) in [7, 11) is 1.92. The van der Waals surface area contributed by atoms with E-state index in [-0.39, 0.29) is 6.61 Å². The molecule has 0 unspecified atom stereocenters. The Bertz CT molecular complexity index is 519. The highest BCUT2D eigenvalue weighted by Crippen LogP contribution is 2.30. The molecule has 2 aromatic rings. The van der Waals surface area contributed by atoms with Crippen molar-refractivity contribution in [2.75, 3.05) is 20.2 Å². The van der Waals surface area contributed by atoms with Crippen LogP contribution >= 0.6 is 0 Å². The number of aryl methyl sites for hydroxylation is 1. The minimum atomic E-state index is 0.124. The Balaban J connectivity index is 2.42. The van der Waals surface area contributed by atoms with Crippen molar-refractivity contribution >= 4 is 10.9 Å². The predicted octanol–water partition coefficient (Wildman–Crippen LogP) is 1.61. The number of hydrogen-bond donors (Lipinski definition) is 3. The zero-order valence-corrected chi connectivity index (χ0v) is 10.2. The fourth-order valence-corrected chi connectivity index (χ4v) is 2.14. The molecule has 0 fully saturated rings. The molecular formula is C13H18N2O2. The Morgan fingerprint density at radius 2 is 2.18 bits per heavy atom. The van der Waals surface area contributed by atoms with Crippen LogP contribution in [0.1, 0.15) is 11.1 Å². The summed E-state index contributed by atoms with van der Waals surface area (Å²) in [4.78, 5) is 5.16. The van der Waals surface area contributed by atoms with Crippen molar-refractivity contribution in [3.63, 3.8) is 0 Å². The molecule has 0 radical (unpaired) electrons. The van der Waals surface area contributed by atoms with Gasteiger partial charge in [0.05, 0.1) is 6.61 Å². The molecule has 0 spiro atoms. The average molecular weight is 234 g/mol. The van der Waals surface area contributed by atoms with E-state index in [1.165, 1.54) is 0 Å². The van der Waals surface area contributed by atoms with Gasteiger partial charge >= 0.3 is 0 Å². The van der Waals surface area contributed by atoms with Crippen molar-refractivity contribution in [3.8, 4) is 5.75 Å². The zero-order valence-electron chi connectivity index (χ0n) is 10.2. The number of nitrogens with zero attached hydrogens (tertiary/aromatic N) is 1. The summed E-state index contributed by atoms with van der Waals surface area (Å²) in [6.45, 7) is 3.32. The van der Waals surface area contributed by atoms with E-state index in [2.05, 4.69) is 4.98 Å². The van der Waals surface area contributed by atoms with Gasteiger partial charge in [-0.1, -0.05) is 0 Å². The minimum absolute atomic E-state index is 0.124. The Hall–Kier alpha value is -1.52. The Morgan fingerprint density at radius 3 is 2.88 bits per heavy atom. The monoisotopic (exact) mass is 234 g/mol. The van der Waals surface area contributed by atoms with Gasteiger partial charge in [0.15, 0.2) is 0 Å². The van der Waals surface area contributed by atoms with Gasteiger partial charge in [-0.25, -0.2) is 0 Å². The first-order chi connectivity index (χ1) is 8.13. The number of phenolic OH excluding ortho intramolecular Hbond substituents is 1. The number of aromatic nitrogens is 1. The number of aliphatic hydroxyl groups is 1. The van der Waals surface area contributed by atoms with Crippen molar-refractivity contribution in [2.45, 2.75) is 13.5 Å². The Morgan fingerprint density at radius 1 is 1.41 bits per heavy atom. The molecule has 0 amide bonds. The van der Waals surface area contributed by atoms with Gasteiger partial charge in [0.1, 0.15) is 5.75 Å². The van der Waals surface area contributed by atoms with Gasteiger partial charge in [0, 0.05) is 35.8 Å². The van der Waals surface area contributed by atoms with E-state index in [1.807, 2.05) is 31.1 Å². The van der Waals surface area contributed by atoms with E-state index in [9.17, 15) is 5.11 Å². The fraction of sp³-hybridized carbons (Fsp3) is 0.385. The maximum atomic E-state index is 10.0. The molecular weight excluding hydrogens is 216 g/mol. The zero-order chi connectivity index (χ0) is 12.4. The second-order valence-electron chi connectivity index (χ2n) is 4.42. The lowest BCUT2D eigenvalue weighted by atomic mass is 10.0. The normalized spacial score (nSPS) is 11.5. The molecule has 0 aliphatic carbocycles. The lowest BCUT2D eigenvalue weighted by Crippen LogP contribution is -2.21. The summed E-state index contributed by atoms with van der Waals surface area (Å²) < 4.78 is 0. The third-order valence-electron chi connectivity index (χ3n) is 3.04. The highest BCUT2D eigenvalue weighted by atomic mass is 16.3. The van der Waals surface area contributed by atoms with E-state index >= 15 is 0 Å². The van der Waals surface area contributed by atoms with E-state index in [1.54, 1.807) is 6.07 Å². The van der Waals surface area contributed by atoms with Crippen LogP contribution in [0.4, 0.5) is 0 Å². The quantitative estimate of drug-likeness (QED) is 0.753. The summed E-state index contributed by atoms with van der Waals surface area (Å²) in [5.74, 6) is 0.319. The molecule has 0 bridgehead atoms. The van der Waals surface area contributed by atoms with E-state index in [4.69, 9.17) is 5.11 Å². The highest BCUT2D eigenvalue weighted by Gasteiger charge is 2.12. The topological polar surface area (TPSA) is 59.5 Å². The summed E-state index contributed by atoms with van der Waals surface area (Å²) in [6, 6.07) is 3.76. The maximum Gasteiger partial charge on any atom is 0.121 e. The number of rotatable bonds is 4. The van der Waals surface area contributed by atoms with Crippen LogP contribution < -0.4 is 0 Å². The number of benzene rings is 1. The summed E-state index contributed by atoms with van der Waals surface area (Å²) in [6.07, 6.45) is 1.88. The molecule has 0 aliphatic heterocycles. The second-order valence-corrected chi connectivity index (χ2v) is 4.42. The van der Waals surface area contributed by atoms with Gasteiger partial charge in [-0.15, -0.1) is 0 Å². The first kappa shape index (κ1) is 12.0. The highest BCUT2D eigenvalue weighted by molar-refractivity contribution is 5.87. The van der Waals surface area contributed by atoms with Gasteiger partial charge in [-0.05, 0) is 31.7 Å². The lowest BCUT2D eigenvalue weighted by Gasteiger charge is -2.17. The number of aromatic hydroxyl groups is 1. The summed E-state index contributed by atoms with van der Waals surface area (Å²) >= 11 is 0. The van der Waals surface area contributed by atoms with Gasteiger partial charge in [-0.3, -0.25) is 4.90 Å². The van der Waals surface area contributed by atoms with Gasteiger partial charge in [0.2, 0.25) is 0 Å². The molecule has 1 aromatic carbocycles. The van der Waals surface area contributed by atoms with Crippen molar-refractivity contribution < 1.29 is 10.2 Å². The van der Waals surface area contributed by atoms with Crippen LogP contribution in [-0.2, 0) is 6.54 Å². The third-order valence-corrected chi connectivity index (χ3v) is 3.04. The maximum absolute atomic E-state index is 10.0. The molecule has 4 heteroatoms. The number of likely N-dealkylation sites (N-methyl/N-ethyl adjacent to an activating group) is 1. The first-order valence-electron chi connectivity index (χ1n) is 5.71. The number of aliphatic hydroxyl groups excluding tert-OH is 1. The molecule has 1 aromatic heterocycles. The number of nitrogens with one attached hydrogen (secondary N) is 1. The number of fused-ring (bicyclic) bond motifs is 1. The van der Waals surface area contributed by atoms with Crippen LogP contribution in [0.25, 0.3) is 10.9 Å². The van der Waals surface area contributed by atoms with Crippen molar-refractivity contribution in [3.05, 3.63) is 29.5 Å². The molecule has 4 nitrogen and oxygen atoms in total. The van der Waals surface area contributed by atoms with Gasteiger partial charge in [-0.2, -0.15) is 0 Å². The van der Waals surface area contributed by atoms with E-state index in [0.29, 0.717) is 18.8 Å². The Kier molecular flexibility index (Phi) is 3.36. The molecule has 1 heterocycles. The largest absolute Gasteiger partial charge is 0.508 e. The molecule has 2 rings (SSSR count). The number of H-pyrrole nitrogens is 1. The number of phenols is 1. The minimum Gasteiger partial charge on any atom is -0.508 e. The molecule has 92 valence electrons. The molecule has 17 heavy (non-hydrogen) atoms. The fourth-order valence-electron chi connectivity index (χ4n) is 2.14. The molecule has 0 saturated heterocycles. The van der Waals surface area contributed by atoms with Crippen LogP contribution in [0.3, 0.4) is 0 Å². The van der Waals surface area contributed by atoms with Gasteiger partial charge in [0.25, 0.3) is 0 Å². The van der Waals surface area contributed by atoms with Crippen LogP contribution in [-0.4, -0.2) is 40.3 Å². The second kappa shape index (κ2) is 4.77. The smallest absolute Gasteiger partial charge is 0.121 e. The third kappa shape index (κ3) is 2.28. The van der Waals surface area contributed by atoms with E-state index < -0.39 is 0 Å². The predicted molar refractivity (Wildman–Crippen MR) is 68.1 cm³/mol. The van der Waals surface area contributed by atoms with Crippen LogP contribution in [0.5, 0.6) is 5.75 Å². The molecule has 0 aliphatic rings. The van der Waals surface area contributed by atoms with Crippen LogP contribution in [0, 0.1) is 6.92 Å². The summed E-state index contributed by atoms with van der Waals surface area (Å²) in [5.41, 5.74) is 3.01. The van der Waals surface area contributed by atoms with E-state index in [0.717, 1.165) is 22.0 Å². The lowest BCUT2D eigenvalue weighted by molar-refractivity contribution is 0.216. The molecule has 0 saturated carbocycles.